The van der Waals surface area contributed by atoms with Crippen molar-refractivity contribution in [2.45, 2.75) is 108 Å². The average Bonchev–Trinajstić information content (AvgIpc) is 3.64. The summed E-state index contributed by atoms with van der Waals surface area (Å²) in [7, 11) is 0. The topological polar surface area (TPSA) is 0 Å². The predicted molar refractivity (Wildman–Crippen MR) is 171 cm³/mol. The number of hydrogen-bond donors (Lipinski definition) is 0. The van der Waals surface area contributed by atoms with Crippen molar-refractivity contribution >= 4 is 8.78 Å². The van der Waals surface area contributed by atoms with Crippen molar-refractivity contribution in [3.8, 4) is 0 Å². The SMILES string of the molecule is CC[C](=[Zr+2])CC.C[C-]1C2=C3Cc4ccccc4C3=C3C=CCCC3C2(C)C(C)(C)C(C)(C)C1(C)C.[C-]1=CC=CC1.[Cl-].[Cl-]. The van der Waals surface area contributed by atoms with Gasteiger partial charge in [0.1, 0.15) is 0 Å². The van der Waals surface area contributed by atoms with Gasteiger partial charge >= 0.3 is 54.1 Å². The first-order chi connectivity index (χ1) is 18.8. The van der Waals surface area contributed by atoms with E-state index >= 15 is 0 Å². The molecule has 0 aliphatic heterocycles. The van der Waals surface area contributed by atoms with Crippen LogP contribution in [0.25, 0.3) is 5.57 Å². The summed E-state index contributed by atoms with van der Waals surface area (Å²) in [6, 6.07) is 9.16. The Morgan fingerprint density at radius 1 is 0.952 bits per heavy atom. The van der Waals surface area contributed by atoms with Crippen molar-refractivity contribution in [3.63, 3.8) is 0 Å². The number of allylic oxidation sites excluding steroid dienone is 10. The Morgan fingerprint density at radius 2 is 1.60 bits per heavy atom. The van der Waals surface area contributed by atoms with E-state index in [2.05, 4.69) is 118 Å². The van der Waals surface area contributed by atoms with Gasteiger partial charge in [-0.3, -0.25) is 6.08 Å². The van der Waals surface area contributed by atoms with Crippen molar-refractivity contribution in [1.29, 1.82) is 0 Å². The number of hydrogen-bond acceptors (Lipinski definition) is 0. The molecule has 42 heavy (non-hydrogen) atoms. The second-order valence-corrected chi connectivity index (χ2v) is 15.8. The fourth-order valence-electron chi connectivity index (χ4n) is 8.16. The van der Waals surface area contributed by atoms with E-state index in [-0.39, 0.29) is 46.5 Å². The molecule has 0 amide bonds. The van der Waals surface area contributed by atoms with E-state index in [1.165, 1.54) is 36.8 Å². The van der Waals surface area contributed by atoms with E-state index in [9.17, 15) is 0 Å². The van der Waals surface area contributed by atoms with Gasteiger partial charge in [-0.15, -0.1) is 13.3 Å². The van der Waals surface area contributed by atoms with Gasteiger partial charge in [-0.25, -0.2) is 18.1 Å². The fourth-order valence-corrected chi connectivity index (χ4v) is 8.16. The molecule has 2 unspecified atom stereocenters. The average molecular weight is 683 g/mol. The third-order valence-electron chi connectivity index (χ3n) is 12.2. The van der Waals surface area contributed by atoms with Gasteiger partial charge in [0.05, 0.1) is 0 Å². The molecule has 228 valence electrons. The summed E-state index contributed by atoms with van der Waals surface area (Å²) in [5.74, 6) is 2.24. The third kappa shape index (κ3) is 5.79. The normalized spacial score (nSPS) is 26.3. The molecule has 2 atom stereocenters. The maximum absolute atomic E-state index is 2.99. The molecule has 5 aliphatic carbocycles. The van der Waals surface area contributed by atoms with E-state index in [1.807, 2.05) is 12.2 Å². The molecule has 0 radical (unpaired) electrons. The second-order valence-electron chi connectivity index (χ2n) is 14.1. The van der Waals surface area contributed by atoms with Gasteiger partial charge in [-0.2, -0.15) is 17.2 Å². The molecule has 3 heteroatoms. The Bertz CT molecular complexity index is 1280. The minimum Gasteiger partial charge on any atom is -1.00 e. The zero-order valence-corrected chi connectivity index (χ0v) is 31.7. The second kappa shape index (κ2) is 14.0. The van der Waals surface area contributed by atoms with E-state index in [0.29, 0.717) is 5.92 Å². The van der Waals surface area contributed by atoms with E-state index in [4.69, 9.17) is 0 Å². The third-order valence-corrected chi connectivity index (χ3v) is 14.0. The van der Waals surface area contributed by atoms with Crippen LogP contribution in [0.5, 0.6) is 0 Å². The van der Waals surface area contributed by atoms with Crippen LogP contribution in [0.15, 0.2) is 71.4 Å². The monoisotopic (exact) mass is 680 g/mol. The number of fused-ring (bicyclic) bond motifs is 6. The quantitative estimate of drug-likeness (QED) is 0.394. The maximum atomic E-state index is 2.99. The van der Waals surface area contributed by atoms with Crippen molar-refractivity contribution < 1.29 is 49.0 Å². The van der Waals surface area contributed by atoms with Crippen molar-refractivity contribution in [2.24, 2.45) is 27.6 Å². The minimum absolute atomic E-state index is 0. The van der Waals surface area contributed by atoms with Crippen LogP contribution in [0.2, 0.25) is 0 Å². The van der Waals surface area contributed by atoms with Gasteiger partial charge in [0.2, 0.25) is 0 Å². The Morgan fingerprint density at radius 3 is 2.12 bits per heavy atom. The van der Waals surface area contributed by atoms with Crippen LogP contribution in [0.4, 0.5) is 0 Å². The van der Waals surface area contributed by atoms with Gasteiger partial charge in [0, 0.05) is 0 Å². The molecule has 0 nitrogen and oxygen atoms in total. The summed E-state index contributed by atoms with van der Waals surface area (Å²) in [5.41, 5.74) is 10.3. The van der Waals surface area contributed by atoms with Crippen LogP contribution in [0.1, 0.15) is 112 Å². The van der Waals surface area contributed by atoms with Crippen molar-refractivity contribution in [1.82, 2.24) is 0 Å². The Balaban J connectivity index is 0.000000403. The zero-order valence-electron chi connectivity index (χ0n) is 27.8. The van der Waals surface area contributed by atoms with E-state index < -0.39 is 0 Å². The molecular formula is C39H52Cl2Zr-2. The van der Waals surface area contributed by atoms with Crippen molar-refractivity contribution in [2.75, 3.05) is 0 Å². The van der Waals surface area contributed by atoms with E-state index in [1.54, 1.807) is 55.7 Å². The van der Waals surface area contributed by atoms with Gasteiger partial charge in [-0.05, 0) is 40.6 Å². The summed E-state index contributed by atoms with van der Waals surface area (Å²) < 4.78 is 1.68. The first-order valence-corrected chi connectivity index (χ1v) is 16.9. The fraction of sp³-hybridized carbons (Fsp3) is 0.538. The van der Waals surface area contributed by atoms with Gasteiger partial charge in [0.15, 0.2) is 0 Å². The molecular weight excluding hydrogens is 631 g/mol. The summed E-state index contributed by atoms with van der Waals surface area (Å²) in [4.78, 5) is 0. The molecule has 0 spiro atoms. The first-order valence-electron chi connectivity index (χ1n) is 15.6. The smallest absolute Gasteiger partial charge is 0.00969 e. The summed E-state index contributed by atoms with van der Waals surface area (Å²) in [6.45, 7) is 24.7. The van der Waals surface area contributed by atoms with Crippen LogP contribution in [-0.2, 0) is 30.7 Å². The molecule has 1 saturated carbocycles. The number of halogens is 2. The Labute approximate surface area is 285 Å². The number of benzene rings is 1. The molecule has 5 aliphatic rings. The molecule has 1 fully saturated rings. The predicted octanol–water partition coefficient (Wildman–Crippen LogP) is 4.80. The summed E-state index contributed by atoms with van der Waals surface area (Å²) in [6.07, 6.45) is 21.1. The van der Waals surface area contributed by atoms with Crippen LogP contribution in [0, 0.1) is 39.6 Å². The molecule has 1 aromatic rings. The van der Waals surface area contributed by atoms with Gasteiger partial charge in [-0.1, -0.05) is 113 Å². The van der Waals surface area contributed by atoms with E-state index in [0.717, 1.165) is 12.8 Å². The molecule has 0 aromatic heterocycles. The molecule has 0 saturated heterocycles. The van der Waals surface area contributed by atoms with Crippen molar-refractivity contribution in [3.05, 3.63) is 94.5 Å². The summed E-state index contributed by atoms with van der Waals surface area (Å²) >= 11 is 1.62. The first kappa shape index (κ1) is 37.3. The van der Waals surface area contributed by atoms with Crippen LogP contribution < -0.4 is 24.8 Å². The molecule has 1 aromatic carbocycles. The van der Waals surface area contributed by atoms with Crippen LogP contribution in [0.3, 0.4) is 0 Å². The Hall–Kier alpha value is -0.877. The number of rotatable bonds is 2. The molecule has 0 heterocycles. The zero-order chi connectivity index (χ0) is 29.5. The standard InChI is InChI=1S/C29H37.C5H5.C5H10.2ClH.Zr/c1-18-25-22-17-19-13-9-10-14-20(19)24(22)21-15-11-12-16-23(21)29(25,8)28(6,7)27(4,5)26(18,2)3;1-2-4-5-3-1;1-3-5-4-2;;;/h9-11,13-15,23H,12,16-17H2,1-8H3;1-3H,4H2;3-4H2,1-2H3;2*1H;/q2*-1;;;;+2/p-2. The molecule has 0 bridgehead atoms. The van der Waals surface area contributed by atoms with Gasteiger partial charge in [0.25, 0.3) is 0 Å². The van der Waals surface area contributed by atoms with Gasteiger partial charge < -0.3 is 24.8 Å². The minimum atomic E-state index is 0. The molecule has 0 N–H and O–H groups in total. The summed E-state index contributed by atoms with van der Waals surface area (Å²) in [5, 5.41) is 0. The van der Waals surface area contributed by atoms with Crippen LogP contribution in [-0.4, -0.2) is 3.21 Å². The molecule has 6 rings (SSSR count). The Kier molecular flexibility index (Phi) is 12.5. The van der Waals surface area contributed by atoms with Crippen LogP contribution >= 0.6 is 0 Å². The maximum Gasteiger partial charge on any atom is -0.00969 e. The largest absolute Gasteiger partial charge is 1.00 e.